The number of aryl methyl sites for hydroxylation is 1. The topological polar surface area (TPSA) is 86.7 Å². The fourth-order valence-corrected chi connectivity index (χ4v) is 3.90. The molecule has 174 valence electrons. The summed E-state index contributed by atoms with van der Waals surface area (Å²) in [5.74, 6) is 0.311. The number of anilines is 1. The number of nitrogen functional groups attached to an aromatic ring is 1. The number of para-hydroxylation sites is 1. The van der Waals surface area contributed by atoms with Crippen molar-refractivity contribution in [2.75, 3.05) is 5.73 Å². The van der Waals surface area contributed by atoms with Gasteiger partial charge in [0.15, 0.2) is 5.82 Å². The molecule has 0 saturated carbocycles. The Kier molecular flexibility index (Phi) is 8.57. The van der Waals surface area contributed by atoms with Gasteiger partial charge in [0, 0.05) is 17.6 Å². The monoisotopic (exact) mass is 493 g/mol. The third-order valence-electron chi connectivity index (χ3n) is 4.90. The summed E-state index contributed by atoms with van der Waals surface area (Å²) in [7, 11) is 0. The van der Waals surface area contributed by atoms with Crippen molar-refractivity contribution in [1.82, 2.24) is 19.5 Å². The van der Waals surface area contributed by atoms with Crippen LogP contribution in [0.25, 0.3) is 27.5 Å². The molecule has 0 aliphatic rings. The Bertz CT molecular complexity index is 1470. The highest BCUT2D eigenvalue weighted by Gasteiger charge is 2.12. The Labute approximate surface area is 208 Å². The normalized spacial score (nSPS) is 10.3. The molecule has 8 heteroatoms. The van der Waals surface area contributed by atoms with Gasteiger partial charge in [0.05, 0.1) is 15.9 Å². The number of rotatable bonds is 2. The van der Waals surface area contributed by atoms with Crippen molar-refractivity contribution >= 4 is 50.8 Å². The molecule has 2 aromatic carbocycles. The highest BCUT2D eigenvalue weighted by atomic mass is 35.5. The molecule has 0 aliphatic carbocycles. The van der Waals surface area contributed by atoms with Crippen LogP contribution in [0.1, 0.15) is 26.5 Å². The first-order valence-electron chi connectivity index (χ1n) is 10.9. The van der Waals surface area contributed by atoms with E-state index in [0.29, 0.717) is 27.3 Å². The number of hydrogen-bond acceptors (Lipinski definition) is 5. The molecule has 0 amide bonds. The predicted molar refractivity (Wildman–Crippen MR) is 142 cm³/mol. The third-order valence-corrected chi connectivity index (χ3v) is 5.39. The molecule has 0 unspecified atom stereocenters. The molecule has 0 aliphatic heterocycles. The number of nitrogens with two attached hydrogens (primary N) is 1. The maximum atomic E-state index is 12.8. The van der Waals surface area contributed by atoms with Crippen LogP contribution < -0.4 is 11.3 Å². The van der Waals surface area contributed by atoms with Gasteiger partial charge in [0.2, 0.25) is 5.28 Å². The number of benzene rings is 2. The van der Waals surface area contributed by atoms with Crippen molar-refractivity contribution in [3.63, 3.8) is 0 Å². The summed E-state index contributed by atoms with van der Waals surface area (Å²) in [6.45, 7) is 6.05. The van der Waals surface area contributed by atoms with E-state index in [4.69, 9.17) is 28.9 Å². The second-order valence-corrected chi connectivity index (χ2v) is 7.66. The van der Waals surface area contributed by atoms with Crippen LogP contribution in [0.15, 0.2) is 77.7 Å². The number of pyridine rings is 2. The number of halogens is 2. The van der Waals surface area contributed by atoms with Gasteiger partial charge in [-0.05, 0) is 59.8 Å². The van der Waals surface area contributed by atoms with E-state index in [0.717, 1.165) is 23.2 Å². The van der Waals surface area contributed by atoms with Crippen LogP contribution >= 0.6 is 23.2 Å². The minimum absolute atomic E-state index is 0.0591. The smallest absolute Gasteiger partial charge is 0.264 e. The second kappa shape index (κ2) is 11.6. The summed E-state index contributed by atoms with van der Waals surface area (Å²) < 4.78 is 1.74. The highest BCUT2D eigenvalue weighted by Crippen LogP contribution is 2.22. The molecule has 0 spiro atoms. The first-order chi connectivity index (χ1) is 16.5. The van der Waals surface area contributed by atoms with Crippen LogP contribution in [-0.2, 0) is 6.42 Å². The Balaban J connectivity index is 0.000000197. The van der Waals surface area contributed by atoms with Crippen LogP contribution in [0.4, 0.5) is 5.82 Å². The van der Waals surface area contributed by atoms with Crippen molar-refractivity contribution in [2.24, 2.45) is 0 Å². The average Bonchev–Trinajstić information content (AvgIpc) is 2.86. The van der Waals surface area contributed by atoms with Gasteiger partial charge in [0.1, 0.15) is 5.52 Å². The summed E-state index contributed by atoms with van der Waals surface area (Å²) in [6, 6.07) is 20.8. The molecule has 5 aromatic rings. The van der Waals surface area contributed by atoms with E-state index < -0.39 is 0 Å². The first-order valence-corrected chi connectivity index (χ1v) is 11.7. The molecule has 2 N–H and O–H groups in total. The minimum Gasteiger partial charge on any atom is -0.382 e. The lowest BCUT2D eigenvalue weighted by Crippen LogP contribution is -2.22. The van der Waals surface area contributed by atoms with Crippen LogP contribution in [0, 0.1) is 0 Å². The van der Waals surface area contributed by atoms with Gasteiger partial charge in [-0.3, -0.25) is 14.3 Å². The van der Waals surface area contributed by atoms with E-state index in [9.17, 15) is 4.79 Å². The van der Waals surface area contributed by atoms with Gasteiger partial charge < -0.3 is 5.73 Å². The maximum Gasteiger partial charge on any atom is 0.264 e. The van der Waals surface area contributed by atoms with Crippen LogP contribution in [0.5, 0.6) is 0 Å². The Morgan fingerprint density at radius 3 is 2.38 bits per heavy atom. The molecule has 0 bridgehead atoms. The molecule has 6 nitrogen and oxygen atoms in total. The second-order valence-electron chi connectivity index (χ2n) is 6.92. The quantitative estimate of drug-likeness (QED) is 0.283. The first kappa shape index (κ1) is 25.1. The molecule has 34 heavy (non-hydrogen) atoms. The molecule has 0 saturated heterocycles. The number of hydrogen-bond donors (Lipinski definition) is 1. The molecule has 0 fully saturated rings. The standard InChI is InChI=1S/C17H14ClNO.C7H5ClN4.C2H6/c1-2-13-11-12-7-6-10-15(18)16(12)17(20)19(13)14-8-4-3-5-9-14;8-7-11-4-2-1-3-10-5(4)6(9)12-7;1-2/h3-11H,2H2,1H3;1-3H,(H2,9,11,12);1-2H3. The van der Waals surface area contributed by atoms with Gasteiger partial charge in [-0.15, -0.1) is 0 Å². The molecular weight excluding hydrogens is 469 g/mol. The average molecular weight is 494 g/mol. The summed E-state index contributed by atoms with van der Waals surface area (Å²) >= 11 is 11.8. The van der Waals surface area contributed by atoms with E-state index >= 15 is 0 Å². The number of fused-ring (bicyclic) bond motifs is 2. The third kappa shape index (κ3) is 5.35. The maximum absolute atomic E-state index is 12.8. The van der Waals surface area contributed by atoms with Crippen molar-refractivity contribution in [3.05, 3.63) is 99.3 Å². The lowest BCUT2D eigenvalue weighted by atomic mass is 10.1. The zero-order valence-corrected chi connectivity index (χ0v) is 20.7. The van der Waals surface area contributed by atoms with Gasteiger partial charge in [-0.25, -0.2) is 4.98 Å². The van der Waals surface area contributed by atoms with E-state index in [1.54, 1.807) is 29.0 Å². The van der Waals surface area contributed by atoms with Gasteiger partial charge in [-0.1, -0.05) is 62.7 Å². The van der Waals surface area contributed by atoms with Crippen LogP contribution in [0.3, 0.4) is 0 Å². The summed E-state index contributed by atoms with van der Waals surface area (Å²) in [4.78, 5) is 24.5. The zero-order valence-electron chi connectivity index (χ0n) is 19.2. The minimum atomic E-state index is -0.0591. The van der Waals surface area contributed by atoms with Gasteiger partial charge in [0.25, 0.3) is 5.56 Å². The fourth-order valence-electron chi connectivity index (χ4n) is 3.45. The molecule has 0 atom stereocenters. The molecule has 0 radical (unpaired) electrons. The number of aromatic nitrogens is 4. The van der Waals surface area contributed by atoms with Gasteiger partial charge in [-0.2, -0.15) is 4.98 Å². The van der Waals surface area contributed by atoms with Crippen molar-refractivity contribution in [2.45, 2.75) is 27.2 Å². The lowest BCUT2D eigenvalue weighted by molar-refractivity contribution is 0.889. The molecule has 3 aromatic heterocycles. The van der Waals surface area contributed by atoms with Crippen LogP contribution in [0.2, 0.25) is 10.3 Å². The van der Waals surface area contributed by atoms with Gasteiger partial charge >= 0.3 is 0 Å². The zero-order chi connectivity index (χ0) is 24.7. The fraction of sp³-hybridized carbons (Fsp3) is 0.154. The summed E-state index contributed by atoms with van der Waals surface area (Å²) in [5.41, 5.74) is 8.60. The summed E-state index contributed by atoms with van der Waals surface area (Å²) in [6.07, 6.45) is 2.42. The van der Waals surface area contributed by atoms with E-state index in [1.807, 2.05) is 69.3 Å². The van der Waals surface area contributed by atoms with Crippen molar-refractivity contribution in [3.8, 4) is 5.69 Å². The predicted octanol–water partition coefficient (Wildman–Crippen LogP) is 6.49. The van der Waals surface area contributed by atoms with E-state index in [1.165, 1.54) is 0 Å². The Morgan fingerprint density at radius 2 is 1.68 bits per heavy atom. The van der Waals surface area contributed by atoms with E-state index in [-0.39, 0.29) is 10.8 Å². The number of nitrogens with zero attached hydrogens (tertiary/aromatic N) is 4. The lowest BCUT2D eigenvalue weighted by Gasteiger charge is -2.14. The SMILES string of the molecule is CC.CCc1cc2cccc(Cl)c2c(=O)n1-c1ccccc1.Nc1nc(Cl)nc2cccnc12. The molecule has 5 rings (SSSR count). The molecular formula is C26H25Cl2N5O. The summed E-state index contributed by atoms with van der Waals surface area (Å²) in [5, 5.41) is 2.12. The Morgan fingerprint density at radius 1 is 0.941 bits per heavy atom. The Hall–Kier alpha value is -3.48. The van der Waals surface area contributed by atoms with Crippen molar-refractivity contribution in [1.29, 1.82) is 0 Å². The van der Waals surface area contributed by atoms with E-state index in [2.05, 4.69) is 15.0 Å². The van der Waals surface area contributed by atoms with Crippen molar-refractivity contribution < 1.29 is 0 Å². The largest absolute Gasteiger partial charge is 0.382 e. The van der Waals surface area contributed by atoms with Crippen LogP contribution in [-0.4, -0.2) is 19.5 Å². The highest BCUT2D eigenvalue weighted by molar-refractivity contribution is 6.35. The molecule has 3 heterocycles.